The van der Waals surface area contributed by atoms with E-state index >= 15 is 0 Å². The Morgan fingerprint density at radius 2 is 1.86 bits per heavy atom. The van der Waals surface area contributed by atoms with Gasteiger partial charge in [0.15, 0.2) is 0 Å². The number of carbonyl (C=O) groups excluding carboxylic acids is 1. The predicted molar refractivity (Wildman–Crippen MR) is 86.7 cm³/mol. The molecule has 7 heteroatoms. The van der Waals surface area contributed by atoms with Gasteiger partial charge in [-0.05, 0) is 44.4 Å². The van der Waals surface area contributed by atoms with Crippen molar-refractivity contribution in [2.45, 2.75) is 51.0 Å². The molecule has 0 aliphatic carbocycles. The van der Waals surface area contributed by atoms with E-state index in [4.69, 9.17) is 5.14 Å². The highest BCUT2D eigenvalue weighted by molar-refractivity contribution is 9.10. The second kappa shape index (κ2) is 6.46. The van der Waals surface area contributed by atoms with Crippen LogP contribution in [0, 0.1) is 6.92 Å². The number of nitrogens with two attached hydrogens (primary N) is 1. The Labute approximate surface area is 134 Å². The molecule has 5 nitrogen and oxygen atoms in total. The van der Waals surface area contributed by atoms with E-state index in [1.165, 1.54) is 6.07 Å². The molecule has 21 heavy (non-hydrogen) atoms. The van der Waals surface area contributed by atoms with Crippen LogP contribution in [0.5, 0.6) is 0 Å². The molecule has 0 spiro atoms. The molecule has 0 aliphatic heterocycles. The summed E-state index contributed by atoms with van der Waals surface area (Å²) in [5.41, 5.74) is 0.434. The second-order valence-electron chi connectivity index (χ2n) is 5.35. The van der Waals surface area contributed by atoms with E-state index < -0.39 is 10.0 Å². The normalized spacial score (nSPS) is 12.3. The lowest BCUT2D eigenvalue weighted by Gasteiger charge is -2.28. The van der Waals surface area contributed by atoms with Crippen LogP contribution in [-0.4, -0.2) is 19.9 Å². The van der Waals surface area contributed by atoms with Crippen molar-refractivity contribution in [3.63, 3.8) is 0 Å². The highest BCUT2D eigenvalue weighted by Crippen LogP contribution is 2.25. The summed E-state index contributed by atoms with van der Waals surface area (Å²) in [6, 6.07) is 2.92. The van der Waals surface area contributed by atoms with Gasteiger partial charge < -0.3 is 5.32 Å². The zero-order valence-electron chi connectivity index (χ0n) is 12.7. The number of rotatable bonds is 5. The molecule has 1 rings (SSSR count). The number of hydrogen-bond acceptors (Lipinski definition) is 3. The molecule has 1 aromatic carbocycles. The summed E-state index contributed by atoms with van der Waals surface area (Å²) in [7, 11) is -3.88. The fourth-order valence-electron chi connectivity index (χ4n) is 1.85. The molecule has 0 saturated heterocycles. The van der Waals surface area contributed by atoms with Gasteiger partial charge in [0, 0.05) is 15.6 Å². The highest BCUT2D eigenvalue weighted by Gasteiger charge is 2.24. The third-order valence-electron chi connectivity index (χ3n) is 3.84. The minimum Gasteiger partial charge on any atom is -0.347 e. The van der Waals surface area contributed by atoms with Crippen molar-refractivity contribution in [1.29, 1.82) is 0 Å². The molecule has 0 fully saturated rings. The fraction of sp³-hybridized carbons (Fsp3) is 0.500. The Hall–Kier alpha value is -0.920. The number of carbonyl (C=O) groups is 1. The van der Waals surface area contributed by atoms with E-state index in [9.17, 15) is 13.2 Å². The number of amides is 1. The minimum atomic E-state index is -3.88. The zero-order valence-corrected chi connectivity index (χ0v) is 15.1. The lowest BCUT2D eigenvalue weighted by atomic mass is 9.95. The van der Waals surface area contributed by atoms with Crippen molar-refractivity contribution in [3.8, 4) is 0 Å². The standard InChI is InChI=1S/C14H21BrN2O3S/c1-5-14(4,6-2)17-13(18)10-7-11(15)9(3)12(8-10)21(16,19)20/h7-8H,5-6H2,1-4H3,(H,17,18)(H2,16,19,20). The Bertz CT molecular complexity index is 652. The molecule has 0 unspecified atom stereocenters. The predicted octanol–water partition coefficient (Wildman–Crippen LogP) is 2.71. The summed E-state index contributed by atoms with van der Waals surface area (Å²) in [6.45, 7) is 7.57. The average Bonchev–Trinajstić information content (AvgIpc) is 2.40. The topological polar surface area (TPSA) is 89.3 Å². The zero-order chi connectivity index (χ0) is 16.4. The van der Waals surface area contributed by atoms with Crippen molar-refractivity contribution in [2.24, 2.45) is 5.14 Å². The third-order valence-corrected chi connectivity index (χ3v) is 5.70. The Morgan fingerprint density at radius 1 is 1.33 bits per heavy atom. The summed E-state index contributed by atoms with van der Waals surface area (Å²) in [4.78, 5) is 12.3. The first-order valence-electron chi connectivity index (χ1n) is 6.69. The largest absolute Gasteiger partial charge is 0.347 e. The van der Waals surface area contributed by atoms with Gasteiger partial charge in [0.05, 0.1) is 4.90 Å². The number of nitrogens with one attached hydrogen (secondary N) is 1. The molecule has 1 amide bonds. The maximum absolute atomic E-state index is 12.4. The van der Waals surface area contributed by atoms with E-state index in [-0.39, 0.29) is 21.9 Å². The summed E-state index contributed by atoms with van der Waals surface area (Å²) >= 11 is 3.27. The van der Waals surface area contributed by atoms with Crippen molar-refractivity contribution >= 4 is 31.9 Å². The van der Waals surface area contributed by atoms with Gasteiger partial charge in [-0.15, -0.1) is 0 Å². The molecule has 0 saturated carbocycles. The molecule has 0 heterocycles. The van der Waals surface area contributed by atoms with Crippen LogP contribution in [0.25, 0.3) is 0 Å². The van der Waals surface area contributed by atoms with Gasteiger partial charge in [-0.25, -0.2) is 13.6 Å². The van der Waals surface area contributed by atoms with Crippen LogP contribution < -0.4 is 10.5 Å². The summed E-state index contributed by atoms with van der Waals surface area (Å²) in [5, 5.41) is 8.13. The molecule has 118 valence electrons. The first kappa shape index (κ1) is 18.1. The molecule has 0 atom stereocenters. The molecular formula is C14H21BrN2O3S. The second-order valence-corrected chi connectivity index (χ2v) is 7.73. The number of sulfonamides is 1. The Morgan fingerprint density at radius 3 is 2.29 bits per heavy atom. The number of benzene rings is 1. The number of hydrogen-bond donors (Lipinski definition) is 2. The van der Waals surface area contributed by atoms with Crippen molar-refractivity contribution in [1.82, 2.24) is 5.32 Å². The number of primary sulfonamides is 1. The molecule has 0 radical (unpaired) electrons. The highest BCUT2D eigenvalue weighted by atomic mass is 79.9. The minimum absolute atomic E-state index is 0.0447. The smallest absolute Gasteiger partial charge is 0.251 e. The van der Waals surface area contributed by atoms with Crippen molar-refractivity contribution in [2.75, 3.05) is 0 Å². The summed E-state index contributed by atoms with van der Waals surface area (Å²) in [6.07, 6.45) is 1.56. The van der Waals surface area contributed by atoms with E-state index in [2.05, 4.69) is 21.2 Å². The van der Waals surface area contributed by atoms with Gasteiger partial charge in [-0.3, -0.25) is 4.79 Å². The average molecular weight is 377 g/mol. The molecular weight excluding hydrogens is 356 g/mol. The molecule has 0 aliphatic rings. The number of halogens is 1. The quantitative estimate of drug-likeness (QED) is 0.827. The van der Waals surface area contributed by atoms with Crippen LogP contribution in [0.3, 0.4) is 0 Å². The first-order valence-corrected chi connectivity index (χ1v) is 9.03. The van der Waals surface area contributed by atoms with Gasteiger partial charge in [-0.1, -0.05) is 29.8 Å². The first-order chi connectivity index (χ1) is 9.54. The summed E-state index contributed by atoms with van der Waals surface area (Å²) < 4.78 is 23.7. The van der Waals surface area contributed by atoms with Crippen LogP contribution in [0.4, 0.5) is 0 Å². The SMILES string of the molecule is CCC(C)(CC)NC(=O)c1cc(Br)c(C)c(S(N)(=O)=O)c1. The van der Waals surface area contributed by atoms with Gasteiger partial charge in [0.1, 0.15) is 0 Å². The monoisotopic (exact) mass is 376 g/mol. The third kappa shape index (κ3) is 4.28. The van der Waals surface area contributed by atoms with Crippen molar-refractivity contribution < 1.29 is 13.2 Å². The van der Waals surface area contributed by atoms with Gasteiger partial charge in [0.2, 0.25) is 10.0 Å². The maximum Gasteiger partial charge on any atom is 0.251 e. The van der Waals surface area contributed by atoms with Gasteiger partial charge in [0.25, 0.3) is 5.91 Å². The Balaban J connectivity index is 3.27. The van der Waals surface area contributed by atoms with Crippen LogP contribution >= 0.6 is 15.9 Å². The van der Waals surface area contributed by atoms with Gasteiger partial charge in [-0.2, -0.15) is 0 Å². The van der Waals surface area contributed by atoms with Gasteiger partial charge >= 0.3 is 0 Å². The molecule has 0 aromatic heterocycles. The summed E-state index contributed by atoms with van der Waals surface area (Å²) in [5.74, 6) is -0.313. The lowest BCUT2D eigenvalue weighted by Crippen LogP contribution is -2.45. The van der Waals surface area contributed by atoms with E-state index in [0.717, 1.165) is 12.8 Å². The van der Waals surface area contributed by atoms with Crippen LogP contribution in [0.1, 0.15) is 49.5 Å². The molecule has 0 bridgehead atoms. The van der Waals surface area contributed by atoms with Crippen LogP contribution in [0.15, 0.2) is 21.5 Å². The van der Waals surface area contributed by atoms with E-state index in [0.29, 0.717) is 10.0 Å². The van der Waals surface area contributed by atoms with E-state index in [1.54, 1.807) is 13.0 Å². The van der Waals surface area contributed by atoms with Crippen LogP contribution in [-0.2, 0) is 10.0 Å². The van der Waals surface area contributed by atoms with Crippen LogP contribution in [0.2, 0.25) is 0 Å². The maximum atomic E-state index is 12.4. The molecule has 1 aromatic rings. The molecule has 3 N–H and O–H groups in total. The fourth-order valence-corrected chi connectivity index (χ4v) is 3.27. The van der Waals surface area contributed by atoms with E-state index in [1.807, 2.05) is 20.8 Å². The van der Waals surface area contributed by atoms with Crippen molar-refractivity contribution in [3.05, 3.63) is 27.7 Å². The lowest BCUT2D eigenvalue weighted by molar-refractivity contribution is 0.0900. The Kier molecular flexibility index (Phi) is 5.57.